The van der Waals surface area contributed by atoms with Crippen LogP contribution in [0.15, 0.2) is 24.3 Å². The number of rotatable bonds is 11. The first-order chi connectivity index (χ1) is 14.0. The van der Waals surface area contributed by atoms with E-state index in [9.17, 15) is 4.79 Å². The van der Waals surface area contributed by atoms with Gasteiger partial charge in [0.25, 0.3) is 0 Å². The molecule has 0 spiro atoms. The van der Waals surface area contributed by atoms with Crippen LogP contribution in [0.4, 0.5) is 11.4 Å². The lowest BCUT2D eigenvalue weighted by Crippen LogP contribution is -2.43. The average Bonchev–Trinajstić information content (AvgIpc) is 2.72. The molecule has 7 heteroatoms. The van der Waals surface area contributed by atoms with Crippen molar-refractivity contribution in [2.45, 2.75) is 33.2 Å². The third kappa shape index (κ3) is 8.01. The highest BCUT2D eigenvalue weighted by Gasteiger charge is 2.15. The minimum atomic E-state index is -0.0473. The number of carbonyl (C=O) groups excluding carboxylic acids is 1. The second kappa shape index (κ2) is 12.4. The van der Waals surface area contributed by atoms with Crippen LogP contribution in [-0.2, 0) is 9.53 Å². The Morgan fingerprint density at radius 2 is 1.93 bits per heavy atom. The van der Waals surface area contributed by atoms with Crippen molar-refractivity contribution in [2.75, 3.05) is 69.2 Å². The maximum absolute atomic E-state index is 12.5. The van der Waals surface area contributed by atoms with E-state index in [4.69, 9.17) is 10.00 Å². The molecule has 1 aliphatic heterocycles. The van der Waals surface area contributed by atoms with E-state index < -0.39 is 0 Å². The fraction of sp³-hybridized carbons (Fsp3) is 0.636. The van der Waals surface area contributed by atoms with Crippen LogP contribution in [0.3, 0.4) is 0 Å². The van der Waals surface area contributed by atoms with Gasteiger partial charge in [-0.15, -0.1) is 0 Å². The lowest BCUT2D eigenvalue weighted by molar-refractivity contribution is -0.117. The number of hydrogen-bond donors (Lipinski definition) is 1. The Kier molecular flexibility index (Phi) is 9.92. The number of carbonyl (C=O) groups is 1. The number of benzene rings is 1. The van der Waals surface area contributed by atoms with E-state index in [0.29, 0.717) is 25.6 Å². The van der Waals surface area contributed by atoms with Crippen LogP contribution in [0.25, 0.3) is 0 Å². The van der Waals surface area contributed by atoms with Crippen LogP contribution < -0.4 is 10.2 Å². The summed E-state index contributed by atoms with van der Waals surface area (Å²) >= 11 is 0. The number of nitriles is 1. The summed E-state index contributed by atoms with van der Waals surface area (Å²) in [5, 5.41) is 11.9. The molecule has 1 heterocycles. The first kappa shape index (κ1) is 23.1. The molecule has 1 saturated heterocycles. The minimum Gasteiger partial charge on any atom is -0.379 e. The van der Waals surface area contributed by atoms with Gasteiger partial charge >= 0.3 is 0 Å². The standard InChI is InChI=1S/C22H35N5O2/c1-4-27(19(2)3)21-8-6-20(7-9-21)24-22(28)18-26(11-5-10-23)13-12-25-14-16-29-17-15-25/h6-9,19H,4-5,11-18H2,1-3H3,(H,24,28). The maximum Gasteiger partial charge on any atom is 0.238 e. The fourth-order valence-corrected chi connectivity index (χ4v) is 3.57. The number of nitrogens with zero attached hydrogens (tertiary/aromatic N) is 4. The van der Waals surface area contributed by atoms with E-state index in [0.717, 1.165) is 57.3 Å². The first-order valence-electron chi connectivity index (χ1n) is 10.6. The van der Waals surface area contributed by atoms with E-state index in [2.05, 4.69) is 46.9 Å². The monoisotopic (exact) mass is 401 g/mol. The number of anilines is 2. The molecule has 1 aliphatic rings. The van der Waals surface area contributed by atoms with E-state index in [1.165, 1.54) is 0 Å². The Morgan fingerprint density at radius 3 is 2.52 bits per heavy atom. The van der Waals surface area contributed by atoms with Gasteiger partial charge in [-0.1, -0.05) is 0 Å². The zero-order valence-corrected chi connectivity index (χ0v) is 18.1. The SMILES string of the molecule is CCN(c1ccc(NC(=O)CN(CCC#N)CCN2CCOCC2)cc1)C(C)C. The zero-order chi connectivity index (χ0) is 21.1. The second-order valence-electron chi connectivity index (χ2n) is 7.61. The van der Waals surface area contributed by atoms with Crippen molar-refractivity contribution in [3.63, 3.8) is 0 Å². The predicted octanol–water partition coefficient (Wildman–Crippen LogP) is 2.41. The summed E-state index contributed by atoms with van der Waals surface area (Å²) in [7, 11) is 0. The number of amides is 1. The number of hydrogen-bond acceptors (Lipinski definition) is 6. The molecule has 29 heavy (non-hydrogen) atoms. The number of nitrogens with one attached hydrogen (secondary N) is 1. The lowest BCUT2D eigenvalue weighted by Gasteiger charge is -2.29. The highest BCUT2D eigenvalue weighted by atomic mass is 16.5. The predicted molar refractivity (Wildman–Crippen MR) is 117 cm³/mol. The molecule has 0 unspecified atom stereocenters. The summed E-state index contributed by atoms with van der Waals surface area (Å²) in [6, 6.07) is 10.6. The van der Waals surface area contributed by atoms with Crippen LogP contribution in [0.2, 0.25) is 0 Å². The van der Waals surface area contributed by atoms with Crippen LogP contribution in [-0.4, -0.2) is 80.8 Å². The summed E-state index contributed by atoms with van der Waals surface area (Å²) in [5.41, 5.74) is 1.95. The highest BCUT2D eigenvalue weighted by molar-refractivity contribution is 5.92. The van der Waals surface area contributed by atoms with E-state index in [-0.39, 0.29) is 5.91 Å². The van der Waals surface area contributed by atoms with Crippen molar-refractivity contribution in [3.05, 3.63) is 24.3 Å². The second-order valence-corrected chi connectivity index (χ2v) is 7.61. The molecule has 1 fully saturated rings. The fourth-order valence-electron chi connectivity index (χ4n) is 3.57. The molecule has 0 aromatic heterocycles. The van der Waals surface area contributed by atoms with Crippen LogP contribution in [0, 0.1) is 11.3 Å². The van der Waals surface area contributed by atoms with Crippen LogP contribution in [0.1, 0.15) is 27.2 Å². The lowest BCUT2D eigenvalue weighted by atomic mass is 10.2. The van der Waals surface area contributed by atoms with Gasteiger partial charge in [-0.2, -0.15) is 5.26 Å². The molecule has 1 aromatic rings. The van der Waals surface area contributed by atoms with E-state index in [1.54, 1.807) is 0 Å². The van der Waals surface area contributed by atoms with Crippen molar-refractivity contribution >= 4 is 17.3 Å². The summed E-state index contributed by atoms with van der Waals surface area (Å²) in [4.78, 5) is 19.2. The summed E-state index contributed by atoms with van der Waals surface area (Å²) in [6.45, 7) is 13.4. The molecule has 160 valence electrons. The third-order valence-corrected chi connectivity index (χ3v) is 5.19. The normalized spacial score (nSPS) is 14.8. The minimum absolute atomic E-state index is 0.0473. The Morgan fingerprint density at radius 1 is 1.24 bits per heavy atom. The maximum atomic E-state index is 12.5. The Labute approximate surface area is 175 Å². The van der Waals surface area contributed by atoms with Crippen molar-refractivity contribution in [1.29, 1.82) is 5.26 Å². The van der Waals surface area contributed by atoms with Crippen molar-refractivity contribution < 1.29 is 9.53 Å². The summed E-state index contributed by atoms with van der Waals surface area (Å²) in [6.07, 6.45) is 0.424. The van der Waals surface area contributed by atoms with Gasteiger partial charge in [0.2, 0.25) is 5.91 Å². The number of morpholine rings is 1. The molecule has 1 amide bonds. The van der Waals surface area contributed by atoms with Gasteiger partial charge in [-0.3, -0.25) is 14.6 Å². The summed E-state index contributed by atoms with van der Waals surface area (Å²) in [5.74, 6) is -0.0473. The van der Waals surface area contributed by atoms with Gasteiger partial charge in [0.05, 0.1) is 25.8 Å². The molecule has 0 aliphatic carbocycles. The molecule has 7 nitrogen and oxygen atoms in total. The van der Waals surface area contributed by atoms with Crippen LogP contribution >= 0.6 is 0 Å². The largest absolute Gasteiger partial charge is 0.379 e. The molecule has 0 bridgehead atoms. The first-order valence-corrected chi connectivity index (χ1v) is 10.6. The van der Waals surface area contributed by atoms with E-state index in [1.807, 2.05) is 24.3 Å². The van der Waals surface area contributed by atoms with Gasteiger partial charge < -0.3 is 15.0 Å². The van der Waals surface area contributed by atoms with Gasteiger partial charge in [-0.25, -0.2) is 0 Å². The van der Waals surface area contributed by atoms with Crippen LogP contribution in [0.5, 0.6) is 0 Å². The Hall–Kier alpha value is -2.14. The number of ether oxygens (including phenoxy) is 1. The molecule has 0 atom stereocenters. The van der Waals surface area contributed by atoms with E-state index >= 15 is 0 Å². The molecule has 0 radical (unpaired) electrons. The zero-order valence-electron chi connectivity index (χ0n) is 18.1. The Bertz CT molecular complexity index is 650. The molecule has 0 saturated carbocycles. The van der Waals surface area contributed by atoms with Gasteiger partial charge in [0.15, 0.2) is 0 Å². The quantitative estimate of drug-likeness (QED) is 0.614. The summed E-state index contributed by atoms with van der Waals surface area (Å²) < 4.78 is 5.38. The van der Waals surface area contributed by atoms with Crippen molar-refractivity contribution in [1.82, 2.24) is 9.80 Å². The molecule has 1 N–H and O–H groups in total. The van der Waals surface area contributed by atoms with Gasteiger partial charge in [0.1, 0.15) is 0 Å². The molecular weight excluding hydrogens is 366 g/mol. The van der Waals surface area contributed by atoms with Gasteiger partial charge in [-0.05, 0) is 45.0 Å². The van der Waals surface area contributed by atoms with Crippen molar-refractivity contribution in [3.8, 4) is 6.07 Å². The Balaban J connectivity index is 1.86. The highest BCUT2D eigenvalue weighted by Crippen LogP contribution is 2.19. The molecule has 1 aromatic carbocycles. The molecular formula is C22H35N5O2. The molecule has 2 rings (SSSR count). The topological polar surface area (TPSA) is 71.8 Å². The van der Waals surface area contributed by atoms with Gasteiger partial charge in [0, 0.05) is 63.1 Å². The third-order valence-electron chi connectivity index (χ3n) is 5.19. The van der Waals surface area contributed by atoms with Crippen molar-refractivity contribution in [2.24, 2.45) is 0 Å². The smallest absolute Gasteiger partial charge is 0.238 e. The average molecular weight is 402 g/mol.